The van der Waals surface area contributed by atoms with E-state index in [1.165, 1.54) is 12.3 Å². The minimum atomic E-state index is -4.51. The number of nitrogens with zero attached hydrogens (tertiary/aromatic N) is 3. The molecule has 1 aromatic carbocycles. The Balaban J connectivity index is 2.14. The minimum absolute atomic E-state index is 0.0344. The van der Waals surface area contributed by atoms with Gasteiger partial charge in [-0.15, -0.1) is 13.2 Å². The number of hydrogen-bond acceptors (Lipinski definition) is 2. The van der Waals surface area contributed by atoms with Gasteiger partial charge < -0.3 is 0 Å². The van der Waals surface area contributed by atoms with Crippen molar-refractivity contribution in [1.82, 2.24) is 14.8 Å². The van der Waals surface area contributed by atoms with E-state index < -0.39 is 6.30 Å². The van der Waals surface area contributed by atoms with Crippen LogP contribution in [0.5, 0.6) is 0 Å². The predicted octanol–water partition coefficient (Wildman–Crippen LogP) is 3.57. The van der Waals surface area contributed by atoms with Gasteiger partial charge in [-0.3, -0.25) is 4.98 Å². The number of fused-ring (bicyclic) bond motifs is 1. The normalized spacial score (nSPS) is 11.9. The lowest BCUT2D eigenvalue weighted by Crippen LogP contribution is -2.17. The summed E-state index contributed by atoms with van der Waals surface area (Å²) in [7, 11) is 0. The molecule has 0 saturated carbocycles. The number of benzene rings is 1. The van der Waals surface area contributed by atoms with Crippen LogP contribution >= 0.6 is 0 Å². The van der Waals surface area contributed by atoms with Crippen molar-refractivity contribution in [3.05, 3.63) is 48.8 Å². The Kier molecular flexibility index (Phi) is 2.51. The van der Waals surface area contributed by atoms with Crippen molar-refractivity contribution < 1.29 is 13.2 Å². The van der Waals surface area contributed by atoms with E-state index in [1.54, 1.807) is 30.5 Å². The first-order valence-electron chi connectivity index (χ1n) is 5.52. The van der Waals surface area contributed by atoms with E-state index in [0.29, 0.717) is 11.1 Å². The maximum atomic E-state index is 12.7. The molecule has 0 fully saturated rings. The zero-order valence-corrected chi connectivity index (χ0v) is 9.59. The van der Waals surface area contributed by atoms with Crippen molar-refractivity contribution in [3.63, 3.8) is 0 Å². The summed E-state index contributed by atoms with van der Waals surface area (Å²) in [6.45, 7) is 0. The largest absolute Gasteiger partial charge is 0.505 e. The van der Waals surface area contributed by atoms with E-state index >= 15 is 0 Å². The fourth-order valence-electron chi connectivity index (χ4n) is 1.93. The van der Waals surface area contributed by atoms with Gasteiger partial charge in [0.25, 0.3) is 0 Å². The quantitative estimate of drug-likeness (QED) is 0.672. The zero-order chi connectivity index (χ0) is 13.5. The van der Waals surface area contributed by atoms with Gasteiger partial charge in [0.2, 0.25) is 0 Å². The Morgan fingerprint density at radius 3 is 2.58 bits per heavy atom. The molecule has 0 atom stereocenters. The van der Waals surface area contributed by atoms with E-state index in [1.807, 2.05) is 6.07 Å². The summed E-state index contributed by atoms with van der Waals surface area (Å²) in [5, 5.41) is 3.80. The van der Waals surface area contributed by atoms with Gasteiger partial charge in [0.15, 0.2) is 0 Å². The van der Waals surface area contributed by atoms with Crippen molar-refractivity contribution in [2.24, 2.45) is 0 Å². The predicted molar refractivity (Wildman–Crippen MR) is 64.3 cm³/mol. The molecule has 96 valence electrons. The van der Waals surface area contributed by atoms with Crippen LogP contribution in [0.1, 0.15) is 0 Å². The van der Waals surface area contributed by atoms with Crippen molar-refractivity contribution in [1.29, 1.82) is 0 Å². The van der Waals surface area contributed by atoms with Crippen LogP contribution in [-0.2, 0) is 6.30 Å². The van der Waals surface area contributed by atoms with E-state index in [4.69, 9.17) is 0 Å². The van der Waals surface area contributed by atoms with Crippen LogP contribution in [0.3, 0.4) is 0 Å². The molecule has 0 unspecified atom stereocenters. The van der Waals surface area contributed by atoms with Crippen LogP contribution in [0.15, 0.2) is 48.8 Å². The van der Waals surface area contributed by atoms with E-state index in [2.05, 4.69) is 10.1 Å². The lowest BCUT2D eigenvalue weighted by atomic mass is 10.1. The first-order valence-corrected chi connectivity index (χ1v) is 5.52. The maximum Gasteiger partial charge on any atom is 0.505 e. The summed E-state index contributed by atoms with van der Waals surface area (Å²) < 4.78 is 38.0. The molecular weight excluding hydrogens is 255 g/mol. The monoisotopic (exact) mass is 263 g/mol. The molecule has 3 rings (SSSR count). The third-order valence-corrected chi connectivity index (χ3v) is 2.77. The van der Waals surface area contributed by atoms with Crippen molar-refractivity contribution in [2.75, 3.05) is 0 Å². The van der Waals surface area contributed by atoms with Crippen LogP contribution in [0, 0.1) is 0 Å². The SMILES string of the molecule is FC(F)(F)n1ncc2cc(-c3ccccn3)ccc21. The van der Waals surface area contributed by atoms with Crippen LogP contribution < -0.4 is 0 Å². The molecule has 0 spiro atoms. The third-order valence-electron chi connectivity index (χ3n) is 2.77. The van der Waals surface area contributed by atoms with Gasteiger partial charge in [0, 0.05) is 17.1 Å². The first-order chi connectivity index (χ1) is 9.05. The highest BCUT2D eigenvalue weighted by Crippen LogP contribution is 2.29. The van der Waals surface area contributed by atoms with Crippen molar-refractivity contribution in [3.8, 4) is 11.3 Å². The molecule has 0 radical (unpaired) electrons. The number of halogens is 3. The number of pyridine rings is 1. The smallest absolute Gasteiger partial charge is 0.256 e. The Bertz CT molecular complexity index is 717. The van der Waals surface area contributed by atoms with Crippen LogP contribution in [0.25, 0.3) is 22.2 Å². The Morgan fingerprint density at radius 1 is 1.05 bits per heavy atom. The Hall–Kier alpha value is -2.37. The Morgan fingerprint density at radius 2 is 1.89 bits per heavy atom. The Labute approximate surface area is 106 Å². The molecule has 0 amide bonds. The van der Waals surface area contributed by atoms with Gasteiger partial charge in [-0.25, -0.2) is 0 Å². The molecule has 2 heterocycles. The second-order valence-corrected chi connectivity index (χ2v) is 4.01. The lowest BCUT2D eigenvalue weighted by molar-refractivity contribution is -0.209. The van der Waals surface area contributed by atoms with Crippen molar-refractivity contribution >= 4 is 10.9 Å². The van der Waals surface area contributed by atoms with E-state index in [0.717, 1.165) is 5.56 Å². The molecule has 0 aliphatic heterocycles. The van der Waals surface area contributed by atoms with Crippen LogP contribution in [0.2, 0.25) is 0 Å². The summed E-state index contributed by atoms with van der Waals surface area (Å²) in [4.78, 5) is 4.16. The van der Waals surface area contributed by atoms with Gasteiger partial charge in [0.1, 0.15) is 0 Å². The number of aromatic nitrogens is 3. The molecule has 19 heavy (non-hydrogen) atoms. The zero-order valence-electron chi connectivity index (χ0n) is 9.59. The molecule has 0 saturated heterocycles. The second-order valence-electron chi connectivity index (χ2n) is 4.01. The molecule has 0 aliphatic carbocycles. The second kappa shape index (κ2) is 4.08. The van der Waals surface area contributed by atoms with Crippen LogP contribution in [-0.4, -0.2) is 14.8 Å². The summed E-state index contributed by atoms with van der Waals surface area (Å²) >= 11 is 0. The molecule has 6 heteroatoms. The van der Waals surface area contributed by atoms with Gasteiger partial charge >= 0.3 is 6.30 Å². The summed E-state index contributed by atoms with van der Waals surface area (Å²) in [5.41, 5.74) is 1.51. The molecule has 3 nitrogen and oxygen atoms in total. The van der Waals surface area contributed by atoms with Crippen LogP contribution in [0.4, 0.5) is 13.2 Å². The van der Waals surface area contributed by atoms with Gasteiger partial charge in [0.05, 0.1) is 17.4 Å². The fourth-order valence-corrected chi connectivity index (χ4v) is 1.93. The average Bonchev–Trinajstić information content (AvgIpc) is 2.82. The number of alkyl halides is 3. The third kappa shape index (κ3) is 2.05. The maximum absolute atomic E-state index is 12.7. The molecular formula is C13H8F3N3. The highest BCUT2D eigenvalue weighted by molar-refractivity contribution is 5.84. The van der Waals surface area contributed by atoms with Crippen molar-refractivity contribution in [2.45, 2.75) is 6.30 Å². The average molecular weight is 263 g/mol. The molecule has 0 aliphatic rings. The molecule has 0 bridgehead atoms. The fraction of sp³-hybridized carbons (Fsp3) is 0.0769. The molecule has 3 aromatic rings. The van der Waals surface area contributed by atoms with E-state index in [-0.39, 0.29) is 10.2 Å². The number of rotatable bonds is 1. The standard InChI is InChI=1S/C13H8F3N3/c14-13(15,16)19-12-5-4-9(7-10(12)8-18-19)11-3-1-2-6-17-11/h1-8H. The van der Waals surface area contributed by atoms with E-state index in [9.17, 15) is 13.2 Å². The molecule has 2 aromatic heterocycles. The number of hydrogen-bond donors (Lipinski definition) is 0. The summed E-state index contributed by atoms with van der Waals surface area (Å²) in [6, 6.07) is 10.1. The highest BCUT2D eigenvalue weighted by atomic mass is 19.4. The van der Waals surface area contributed by atoms with Gasteiger partial charge in [-0.2, -0.15) is 9.78 Å². The molecule has 0 N–H and O–H groups in total. The first kappa shape index (κ1) is 11.7. The summed E-state index contributed by atoms with van der Waals surface area (Å²) in [6.07, 6.45) is -1.66. The minimum Gasteiger partial charge on any atom is -0.256 e. The van der Waals surface area contributed by atoms with Gasteiger partial charge in [-0.1, -0.05) is 12.1 Å². The summed E-state index contributed by atoms with van der Waals surface area (Å²) in [5.74, 6) is 0. The lowest BCUT2D eigenvalue weighted by Gasteiger charge is -2.07. The topological polar surface area (TPSA) is 30.7 Å². The highest BCUT2D eigenvalue weighted by Gasteiger charge is 2.33. The van der Waals surface area contributed by atoms with Gasteiger partial charge in [-0.05, 0) is 24.3 Å².